The Kier molecular flexibility index (Phi) is 2.91. The molecule has 2 aromatic heterocycles. The maximum Gasteiger partial charge on any atom is 0.260 e. The van der Waals surface area contributed by atoms with E-state index in [0.717, 1.165) is 0 Å². The van der Waals surface area contributed by atoms with Crippen molar-refractivity contribution in [3.8, 4) is 0 Å². The molecule has 0 aliphatic rings. The van der Waals surface area contributed by atoms with E-state index < -0.39 is 11.7 Å². The van der Waals surface area contributed by atoms with Crippen LogP contribution in [0.5, 0.6) is 0 Å². The second-order valence-corrected chi connectivity index (χ2v) is 3.10. The number of carbonyl (C=O) groups is 1. The minimum absolute atomic E-state index is 0.192. The van der Waals surface area contributed by atoms with Crippen LogP contribution in [-0.2, 0) is 0 Å². The summed E-state index contributed by atoms with van der Waals surface area (Å²) in [5.41, 5.74) is 5.07. The van der Waals surface area contributed by atoms with Gasteiger partial charge in [0.05, 0.1) is 11.8 Å². The lowest BCUT2D eigenvalue weighted by molar-refractivity contribution is 0.102. The maximum atomic E-state index is 13.5. The van der Waals surface area contributed by atoms with Gasteiger partial charge in [-0.3, -0.25) is 9.78 Å². The van der Waals surface area contributed by atoms with Crippen LogP contribution in [0.15, 0.2) is 30.9 Å². The number of carbonyl (C=O) groups excluding carboxylic acids is 1. The summed E-state index contributed by atoms with van der Waals surface area (Å²) in [5, 5.41) is 2.39. The van der Waals surface area contributed by atoms with Crippen LogP contribution in [0.4, 0.5) is 16.0 Å². The molecule has 17 heavy (non-hydrogen) atoms. The average Bonchev–Trinajstić information content (AvgIpc) is 2.34. The molecule has 0 spiro atoms. The minimum atomic E-state index is -0.853. The molecule has 0 radical (unpaired) electrons. The molecule has 2 aromatic rings. The Hall–Kier alpha value is -2.57. The number of amides is 1. The van der Waals surface area contributed by atoms with Crippen molar-refractivity contribution < 1.29 is 9.18 Å². The Morgan fingerprint density at radius 2 is 2.12 bits per heavy atom. The summed E-state index contributed by atoms with van der Waals surface area (Å²) in [4.78, 5) is 22.8. The molecule has 6 nitrogen and oxygen atoms in total. The van der Waals surface area contributed by atoms with Gasteiger partial charge in [0.25, 0.3) is 5.91 Å². The summed E-state index contributed by atoms with van der Waals surface area (Å²) < 4.78 is 13.5. The van der Waals surface area contributed by atoms with Crippen molar-refractivity contribution in [2.45, 2.75) is 0 Å². The van der Waals surface area contributed by atoms with Gasteiger partial charge >= 0.3 is 0 Å². The van der Waals surface area contributed by atoms with E-state index in [1.165, 1.54) is 30.9 Å². The second kappa shape index (κ2) is 4.52. The van der Waals surface area contributed by atoms with Gasteiger partial charge in [-0.15, -0.1) is 0 Å². The molecular formula is C10H8FN5O. The van der Waals surface area contributed by atoms with Crippen molar-refractivity contribution in [3.63, 3.8) is 0 Å². The number of hydrogen-bond acceptors (Lipinski definition) is 5. The molecule has 86 valence electrons. The van der Waals surface area contributed by atoms with E-state index in [4.69, 9.17) is 5.73 Å². The highest BCUT2D eigenvalue weighted by atomic mass is 19.1. The molecule has 0 saturated carbocycles. The molecule has 0 aromatic carbocycles. The van der Waals surface area contributed by atoms with Crippen LogP contribution in [0, 0.1) is 5.82 Å². The molecule has 0 atom stereocenters. The molecule has 0 saturated heterocycles. The van der Waals surface area contributed by atoms with Gasteiger partial charge in [0, 0.05) is 18.6 Å². The van der Waals surface area contributed by atoms with Crippen LogP contribution in [0.2, 0.25) is 0 Å². The van der Waals surface area contributed by atoms with Crippen LogP contribution in [-0.4, -0.2) is 20.9 Å². The molecule has 7 heteroatoms. The van der Waals surface area contributed by atoms with Crippen LogP contribution in [0.3, 0.4) is 0 Å². The number of nitrogens with two attached hydrogens (primary N) is 1. The third kappa shape index (κ3) is 2.33. The number of anilines is 2. The first kappa shape index (κ1) is 10.9. The Morgan fingerprint density at radius 1 is 1.29 bits per heavy atom. The average molecular weight is 233 g/mol. The SMILES string of the molecule is Nc1nccc(C(=O)Nc2cnccn2)c1F. The van der Waals surface area contributed by atoms with Gasteiger partial charge in [-0.2, -0.15) is 0 Å². The molecule has 2 rings (SSSR count). The molecule has 3 N–H and O–H groups in total. The quantitative estimate of drug-likeness (QED) is 0.801. The van der Waals surface area contributed by atoms with E-state index in [1.54, 1.807) is 0 Å². The summed E-state index contributed by atoms with van der Waals surface area (Å²) in [7, 11) is 0. The summed E-state index contributed by atoms with van der Waals surface area (Å²) >= 11 is 0. The highest BCUT2D eigenvalue weighted by Gasteiger charge is 2.14. The minimum Gasteiger partial charge on any atom is -0.381 e. The lowest BCUT2D eigenvalue weighted by Crippen LogP contribution is -2.16. The van der Waals surface area contributed by atoms with E-state index in [2.05, 4.69) is 20.3 Å². The number of hydrogen-bond donors (Lipinski definition) is 2. The van der Waals surface area contributed by atoms with E-state index in [1.807, 2.05) is 0 Å². The molecule has 0 aliphatic carbocycles. The van der Waals surface area contributed by atoms with E-state index in [-0.39, 0.29) is 17.2 Å². The predicted molar refractivity (Wildman–Crippen MR) is 58.6 cm³/mol. The number of pyridine rings is 1. The van der Waals surface area contributed by atoms with Crippen molar-refractivity contribution >= 4 is 17.5 Å². The number of halogens is 1. The molecule has 2 heterocycles. The van der Waals surface area contributed by atoms with Crippen molar-refractivity contribution in [2.75, 3.05) is 11.1 Å². The molecule has 0 unspecified atom stereocenters. The van der Waals surface area contributed by atoms with Crippen LogP contribution < -0.4 is 11.1 Å². The van der Waals surface area contributed by atoms with Gasteiger partial charge < -0.3 is 11.1 Å². The Balaban J connectivity index is 2.24. The largest absolute Gasteiger partial charge is 0.381 e. The predicted octanol–water partition coefficient (Wildman–Crippen LogP) is 0.845. The maximum absolute atomic E-state index is 13.5. The molecule has 0 aliphatic heterocycles. The third-order valence-corrected chi connectivity index (χ3v) is 1.97. The molecular weight excluding hydrogens is 225 g/mol. The van der Waals surface area contributed by atoms with Crippen molar-refractivity contribution in [3.05, 3.63) is 42.2 Å². The normalized spacial score (nSPS) is 9.94. The van der Waals surface area contributed by atoms with Gasteiger partial charge in [0.1, 0.15) is 0 Å². The summed E-state index contributed by atoms with van der Waals surface area (Å²) in [6.45, 7) is 0. The van der Waals surface area contributed by atoms with Crippen LogP contribution in [0.25, 0.3) is 0 Å². The fraction of sp³-hybridized carbons (Fsp3) is 0. The van der Waals surface area contributed by atoms with Gasteiger partial charge in [-0.1, -0.05) is 0 Å². The molecule has 1 amide bonds. The van der Waals surface area contributed by atoms with Crippen molar-refractivity contribution in [1.82, 2.24) is 15.0 Å². The number of nitrogens with one attached hydrogen (secondary N) is 1. The fourth-order valence-corrected chi connectivity index (χ4v) is 1.18. The summed E-state index contributed by atoms with van der Waals surface area (Å²) in [5.74, 6) is -1.60. The van der Waals surface area contributed by atoms with Gasteiger partial charge in [0.15, 0.2) is 17.5 Å². The first-order valence-electron chi connectivity index (χ1n) is 4.66. The number of nitrogen functional groups attached to an aromatic ring is 1. The van der Waals surface area contributed by atoms with E-state index >= 15 is 0 Å². The number of rotatable bonds is 2. The highest BCUT2D eigenvalue weighted by molar-refractivity contribution is 6.04. The standard InChI is InChI=1S/C10H8FN5O/c11-8-6(1-2-15-9(8)12)10(17)16-7-5-13-3-4-14-7/h1-5H,(H2,12,15)(H,14,16,17). The zero-order valence-electron chi connectivity index (χ0n) is 8.59. The lowest BCUT2D eigenvalue weighted by Gasteiger charge is -2.05. The monoisotopic (exact) mass is 233 g/mol. The van der Waals surface area contributed by atoms with Gasteiger partial charge in [0.2, 0.25) is 0 Å². The van der Waals surface area contributed by atoms with E-state index in [9.17, 15) is 9.18 Å². The third-order valence-electron chi connectivity index (χ3n) is 1.97. The smallest absolute Gasteiger partial charge is 0.260 e. The number of aromatic nitrogens is 3. The lowest BCUT2D eigenvalue weighted by atomic mass is 10.2. The zero-order chi connectivity index (χ0) is 12.3. The Bertz CT molecular complexity index is 546. The summed E-state index contributed by atoms with van der Waals surface area (Å²) in [6, 6.07) is 1.23. The highest BCUT2D eigenvalue weighted by Crippen LogP contribution is 2.13. The van der Waals surface area contributed by atoms with Gasteiger partial charge in [-0.25, -0.2) is 14.4 Å². The van der Waals surface area contributed by atoms with Crippen molar-refractivity contribution in [2.24, 2.45) is 0 Å². The molecule has 0 bridgehead atoms. The first-order chi connectivity index (χ1) is 8.18. The Morgan fingerprint density at radius 3 is 2.82 bits per heavy atom. The van der Waals surface area contributed by atoms with E-state index in [0.29, 0.717) is 0 Å². The number of nitrogens with zero attached hydrogens (tertiary/aromatic N) is 3. The zero-order valence-corrected chi connectivity index (χ0v) is 8.59. The van der Waals surface area contributed by atoms with Gasteiger partial charge in [-0.05, 0) is 6.07 Å². The fourth-order valence-electron chi connectivity index (χ4n) is 1.18. The summed E-state index contributed by atoms with van der Waals surface area (Å²) in [6.07, 6.45) is 5.47. The topological polar surface area (TPSA) is 93.8 Å². The van der Waals surface area contributed by atoms with Crippen LogP contribution >= 0.6 is 0 Å². The second-order valence-electron chi connectivity index (χ2n) is 3.10. The Labute approximate surface area is 95.7 Å². The van der Waals surface area contributed by atoms with Crippen molar-refractivity contribution in [1.29, 1.82) is 0 Å². The van der Waals surface area contributed by atoms with Crippen LogP contribution in [0.1, 0.15) is 10.4 Å². The first-order valence-corrected chi connectivity index (χ1v) is 4.66. The molecule has 0 fully saturated rings.